The van der Waals surface area contributed by atoms with Gasteiger partial charge >= 0.3 is 5.97 Å². The molecule has 2 N–H and O–H groups in total. The van der Waals surface area contributed by atoms with Crippen LogP contribution in [-0.4, -0.2) is 28.6 Å². The van der Waals surface area contributed by atoms with Gasteiger partial charge in [0.05, 0.1) is 0 Å². The number of phenols is 1. The first-order valence-electron chi connectivity index (χ1n) is 5.95. The maximum Gasteiger partial charge on any atom is 0.323 e. The van der Waals surface area contributed by atoms with Gasteiger partial charge in [-0.2, -0.15) is 0 Å². The highest BCUT2D eigenvalue weighted by atomic mass is 16.4. The number of nitrogens with zero attached hydrogens (tertiary/aromatic N) is 1. The van der Waals surface area contributed by atoms with Crippen LogP contribution in [0.1, 0.15) is 10.4 Å². The second kappa shape index (κ2) is 5.88. The molecule has 1 amide bonds. The van der Waals surface area contributed by atoms with Gasteiger partial charge < -0.3 is 10.2 Å². The molecule has 0 radical (unpaired) electrons. The Labute approximate surface area is 115 Å². The van der Waals surface area contributed by atoms with Crippen LogP contribution in [-0.2, 0) is 4.79 Å². The van der Waals surface area contributed by atoms with Crippen LogP contribution in [0.2, 0.25) is 0 Å². The van der Waals surface area contributed by atoms with E-state index in [-0.39, 0.29) is 11.3 Å². The average Bonchev–Trinajstić information content (AvgIpc) is 2.45. The fourth-order valence-electron chi connectivity index (χ4n) is 1.82. The lowest BCUT2D eigenvalue weighted by molar-refractivity contribution is -0.135. The number of hydrogen-bond acceptors (Lipinski definition) is 3. The summed E-state index contributed by atoms with van der Waals surface area (Å²) >= 11 is 0. The molecule has 0 aromatic heterocycles. The molecule has 2 aromatic carbocycles. The maximum atomic E-state index is 12.4. The van der Waals surface area contributed by atoms with Crippen molar-refractivity contribution in [2.75, 3.05) is 11.4 Å². The molecule has 0 saturated heterocycles. The van der Waals surface area contributed by atoms with Crippen LogP contribution in [0.4, 0.5) is 5.69 Å². The summed E-state index contributed by atoms with van der Waals surface area (Å²) in [6.45, 7) is -0.446. The fourth-order valence-corrected chi connectivity index (χ4v) is 1.82. The maximum absolute atomic E-state index is 12.4. The zero-order chi connectivity index (χ0) is 14.5. The van der Waals surface area contributed by atoms with Crippen LogP contribution >= 0.6 is 0 Å². The zero-order valence-corrected chi connectivity index (χ0v) is 10.6. The Morgan fingerprint density at radius 1 is 1.00 bits per heavy atom. The third kappa shape index (κ3) is 3.14. The Kier molecular flexibility index (Phi) is 4.00. The van der Waals surface area contributed by atoms with Gasteiger partial charge in [-0.15, -0.1) is 0 Å². The van der Waals surface area contributed by atoms with Crippen molar-refractivity contribution in [2.45, 2.75) is 0 Å². The molecule has 0 spiro atoms. The number of carboxylic acid groups (broad SMARTS) is 1. The van der Waals surface area contributed by atoms with Gasteiger partial charge in [0.25, 0.3) is 5.91 Å². The third-order valence-corrected chi connectivity index (χ3v) is 2.70. The van der Waals surface area contributed by atoms with Gasteiger partial charge in [-0.25, -0.2) is 0 Å². The van der Waals surface area contributed by atoms with Crippen LogP contribution in [0.15, 0.2) is 54.6 Å². The SMILES string of the molecule is O=C(O)CN(C(=O)c1cccc(O)c1)c1ccccc1. The van der Waals surface area contributed by atoms with Crippen molar-refractivity contribution < 1.29 is 19.8 Å². The van der Waals surface area contributed by atoms with E-state index in [0.717, 1.165) is 4.90 Å². The Bertz CT molecular complexity index is 625. The van der Waals surface area contributed by atoms with E-state index in [4.69, 9.17) is 5.11 Å². The van der Waals surface area contributed by atoms with Crippen molar-refractivity contribution in [2.24, 2.45) is 0 Å². The van der Waals surface area contributed by atoms with Crippen LogP contribution in [0.25, 0.3) is 0 Å². The number of aromatic hydroxyl groups is 1. The Hall–Kier alpha value is -2.82. The minimum absolute atomic E-state index is 0.0424. The number of amides is 1. The zero-order valence-electron chi connectivity index (χ0n) is 10.6. The molecule has 2 rings (SSSR count). The van der Waals surface area contributed by atoms with Crippen molar-refractivity contribution in [3.8, 4) is 5.75 Å². The monoisotopic (exact) mass is 271 g/mol. The summed E-state index contributed by atoms with van der Waals surface area (Å²) < 4.78 is 0. The van der Waals surface area contributed by atoms with Crippen molar-refractivity contribution in [1.29, 1.82) is 0 Å². The first-order valence-corrected chi connectivity index (χ1v) is 5.95. The van der Waals surface area contributed by atoms with Crippen LogP contribution < -0.4 is 4.90 Å². The quantitative estimate of drug-likeness (QED) is 0.892. The van der Waals surface area contributed by atoms with Gasteiger partial charge in [0, 0.05) is 11.3 Å². The summed E-state index contributed by atoms with van der Waals surface area (Å²) in [6, 6.07) is 14.3. The molecule has 0 aliphatic rings. The highest BCUT2D eigenvalue weighted by Gasteiger charge is 2.20. The highest BCUT2D eigenvalue weighted by molar-refractivity contribution is 6.08. The van der Waals surface area contributed by atoms with E-state index in [1.807, 2.05) is 0 Å². The number of anilines is 1. The molecule has 0 bridgehead atoms. The van der Waals surface area contributed by atoms with Gasteiger partial charge in [-0.05, 0) is 30.3 Å². The van der Waals surface area contributed by atoms with Gasteiger partial charge in [0.15, 0.2) is 0 Å². The van der Waals surface area contributed by atoms with E-state index >= 15 is 0 Å². The number of carbonyl (C=O) groups is 2. The number of para-hydroxylation sites is 1. The van der Waals surface area contributed by atoms with Gasteiger partial charge in [-0.1, -0.05) is 24.3 Å². The normalized spacial score (nSPS) is 10.0. The summed E-state index contributed by atoms with van der Waals surface area (Å²) in [5, 5.41) is 18.4. The van der Waals surface area contributed by atoms with E-state index < -0.39 is 18.4 Å². The van der Waals surface area contributed by atoms with E-state index in [0.29, 0.717) is 5.69 Å². The molecule has 0 unspecified atom stereocenters. The number of aliphatic carboxylic acids is 1. The first-order chi connectivity index (χ1) is 9.58. The molecule has 0 heterocycles. The smallest absolute Gasteiger partial charge is 0.323 e. The molecule has 0 saturated carbocycles. The fraction of sp³-hybridized carbons (Fsp3) is 0.0667. The van der Waals surface area contributed by atoms with E-state index in [9.17, 15) is 14.7 Å². The molecular formula is C15H13NO4. The first kappa shape index (κ1) is 13.6. The molecule has 0 fully saturated rings. The largest absolute Gasteiger partial charge is 0.508 e. The van der Waals surface area contributed by atoms with Gasteiger partial charge in [-0.3, -0.25) is 14.5 Å². The minimum Gasteiger partial charge on any atom is -0.508 e. The van der Waals surface area contributed by atoms with Crippen molar-refractivity contribution >= 4 is 17.6 Å². The molecule has 0 atom stereocenters. The third-order valence-electron chi connectivity index (χ3n) is 2.70. The number of phenolic OH excluding ortho intramolecular Hbond substituents is 1. The number of rotatable bonds is 4. The van der Waals surface area contributed by atoms with Gasteiger partial charge in [0.2, 0.25) is 0 Å². The number of hydrogen-bond donors (Lipinski definition) is 2. The Morgan fingerprint density at radius 2 is 1.70 bits per heavy atom. The molecule has 0 aliphatic carbocycles. The second-order valence-corrected chi connectivity index (χ2v) is 4.17. The van der Waals surface area contributed by atoms with Crippen molar-refractivity contribution in [3.05, 3.63) is 60.2 Å². The summed E-state index contributed by atoms with van der Waals surface area (Å²) in [5.74, 6) is -1.63. The van der Waals surface area contributed by atoms with Crippen LogP contribution in [0, 0.1) is 0 Å². The second-order valence-electron chi connectivity index (χ2n) is 4.17. The molecule has 0 aliphatic heterocycles. The van der Waals surface area contributed by atoms with E-state index in [2.05, 4.69) is 0 Å². The Balaban J connectivity index is 2.36. The van der Waals surface area contributed by atoms with Crippen molar-refractivity contribution in [3.63, 3.8) is 0 Å². The summed E-state index contributed by atoms with van der Waals surface area (Å²) in [6.07, 6.45) is 0. The lowest BCUT2D eigenvalue weighted by Gasteiger charge is -2.21. The minimum atomic E-state index is -1.11. The topological polar surface area (TPSA) is 77.8 Å². The molecular weight excluding hydrogens is 258 g/mol. The number of carboxylic acids is 1. The summed E-state index contributed by atoms with van der Waals surface area (Å²) in [4.78, 5) is 24.5. The number of benzene rings is 2. The molecule has 5 nitrogen and oxygen atoms in total. The van der Waals surface area contributed by atoms with E-state index in [1.54, 1.807) is 30.3 Å². The summed E-state index contributed by atoms with van der Waals surface area (Å²) in [7, 11) is 0. The molecule has 102 valence electrons. The summed E-state index contributed by atoms with van der Waals surface area (Å²) in [5.41, 5.74) is 0.721. The van der Waals surface area contributed by atoms with Crippen LogP contribution in [0.3, 0.4) is 0 Å². The molecule has 5 heteroatoms. The van der Waals surface area contributed by atoms with Crippen molar-refractivity contribution in [1.82, 2.24) is 0 Å². The standard InChI is InChI=1S/C15H13NO4/c17-13-8-4-5-11(9-13)15(20)16(10-14(18)19)12-6-2-1-3-7-12/h1-9,17H,10H2,(H,18,19). The Morgan fingerprint density at radius 3 is 2.30 bits per heavy atom. The predicted molar refractivity (Wildman–Crippen MR) is 73.9 cm³/mol. The van der Waals surface area contributed by atoms with Crippen LogP contribution in [0.5, 0.6) is 5.75 Å². The van der Waals surface area contributed by atoms with Gasteiger partial charge in [0.1, 0.15) is 12.3 Å². The van der Waals surface area contributed by atoms with E-state index in [1.165, 1.54) is 24.3 Å². The lowest BCUT2D eigenvalue weighted by Crippen LogP contribution is -2.35. The predicted octanol–water partition coefficient (Wildman–Crippen LogP) is 2.12. The highest BCUT2D eigenvalue weighted by Crippen LogP contribution is 2.19. The average molecular weight is 271 g/mol. The lowest BCUT2D eigenvalue weighted by atomic mass is 10.1. The molecule has 2 aromatic rings. The number of carbonyl (C=O) groups excluding carboxylic acids is 1. The molecule has 20 heavy (non-hydrogen) atoms.